The number of thiophene rings is 1. The number of piperidine rings is 1. The van der Waals surface area contributed by atoms with Crippen LogP contribution in [0, 0.1) is 0 Å². The monoisotopic (exact) mass is 418 g/mol. The number of amides is 1. The third kappa shape index (κ3) is 4.11. The summed E-state index contributed by atoms with van der Waals surface area (Å²) >= 11 is 1.42. The number of hydrogen-bond donors (Lipinski definition) is 1. The first-order chi connectivity index (χ1) is 12.7. The topological polar surface area (TPSA) is 66.5 Å². The smallest absolute Gasteiger partial charge is 0.370 e. The first-order valence-corrected chi connectivity index (χ1v) is 10.6. The molecule has 1 fully saturated rings. The molecule has 1 aromatic carbocycles. The molecule has 2 aromatic rings. The van der Waals surface area contributed by atoms with Gasteiger partial charge in [0.15, 0.2) is 0 Å². The molecule has 0 saturated carbocycles. The van der Waals surface area contributed by atoms with E-state index in [1.54, 1.807) is 21.7 Å². The molecule has 1 aliphatic heterocycles. The Balaban J connectivity index is 1.71. The van der Waals surface area contributed by atoms with Gasteiger partial charge in [0.25, 0.3) is 15.7 Å². The van der Waals surface area contributed by atoms with Crippen molar-refractivity contribution in [3.8, 4) is 0 Å². The highest BCUT2D eigenvalue weighted by molar-refractivity contribution is 7.92. The lowest BCUT2D eigenvalue weighted by atomic mass is 10.0. The van der Waals surface area contributed by atoms with Crippen molar-refractivity contribution in [1.82, 2.24) is 5.32 Å². The molecule has 3 rings (SSSR count). The van der Waals surface area contributed by atoms with Gasteiger partial charge in [-0.3, -0.25) is 4.79 Å². The second kappa shape index (κ2) is 7.51. The van der Waals surface area contributed by atoms with E-state index in [-0.39, 0.29) is 17.6 Å². The Morgan fingerprint density at radius 2 is 1.81 bits per heavy atom. The summed E-state index contributed by atoms with van der Waals surface area (Å²) in [6, 6.07) is 6.74. The molecular formula is C17H17F3N2O3S2. The number of anilines is 1. The Morgan fingerprint density at radius 1 is 1.15 bits per heavy atom. The van der Waals surface area contributed by atoms with Gasteiger partial charge in [0.05, 0.1) is 10.6 Å². The van der Waals surface area contributed by atoms with Gasteiger partial charge >= 0.3 is 5.51 Å². The molecule has 0 unspecified atom stereocenters. The van der Waals surface area contributed by atoms with Crippen LogP contribution in [0.4, 0.5) is 18.9 Å². The first kappa shape index (κ1) is 19.7. The molecule has 1 amide bonds. The van der Waals surface area contributed by atoms with Gasteiger partial charge in [-0.25, -0.2) is 8.42 Å². The van der Waals surface area contributed by atoms with Crippen LogP contribution < -0.4 is 10.2 Å². The predicted octanol–water partition coefficient (Wildman–Crippen LogP) is 3.44. The van der Waals surface area contributed by atoms with Crippen molar-refractivity contribution < 1.29 is 26.4 Å². The van der Waals surface area contributed by atoms with Gasteiger partial charge in [0.2, 0.25) is 0 Å². The Kier molecular flexibility index (Phi) is 5.48. The average Bonchev–Trinajstić information content (AvgIpc) is 3.16. The number of rotatable bonds is 4. The summed E-state index contributed by atoms with van der Waals surface area (Å²) in [5.74, 6) is -0.185. The van der Waals surface area contributed by atoms with Crippen molar-refractivity contribution in [2.24, 2.45) is 0 Å². The summed E-state index contributed by atoms with van der Waals surface area (Å²) in [6.07, 6.45) is 1.02. The highest BCUT2D eigenvalue weighted by Crippen LogP contribution is 2.36. The van der Waals surface area contributed by atoms with Crippen molar-refractivity contribution in [3.05, 3.63) is 46.7 Å². The van der Waals surface area contributed by atoms with E-state index >= 15 is 0 Å². The first-order valence-electron chi connectivity index (χ1n) is 8.18. The van der Waals surface area contributed by atoms with Gasteiger partial charge in [-0.15, -0.1) is 0 Å². The lowest BCUT2D eigenvalue weighted by Crippen LogP contribution is -2.45. The molecule has 0 bridgehead atoms. The number of halogens is 3. The van der Waals surface area contributed by atoms with E-state index in [0.29, 0.717) is 31.5 Å². The number of nitrogens with one attached hydrogen (secondary N) is 1. The Bertz CT molecular complexity index is 904. The quantitative estimate of drug-likeness (QED) is 0.826. The third-order valence-corrected chi connectivity index (χ3v) is 6.63. The van der Waals surface area contributed by atoms with Crippen LogP contribution in [0.25, 0.3) is 0 Å². The normalized spacial score (nSPS) is 16.3. The molecule has 0 atom stereocenters. The molecule has 5 nitrogen and oxygen atoms in total. The van der Waals surface area contributed by atoms with Gasteiger partial charge in [-0.1, -0.05) is 12.1 Å². The third-order valence-electron chi connectivity index (χ3n) is 4.41. The minimum absolute atomic E-state index is 0.0393. The summed E-state index contributed by atoms with van der Waals surface area (Å²) in [5.41, 5.74) is -4.74. The van der Waals surface area contributed by atoms with Gasteiger partial charge in [0, 0.05) is 30.1 Å². The van der Waals surface area contributed by atoms with E-state index in [0.717, 1.165) is 6.07 Å². The van der Waals surface area contributed by atoms with Gasteiger partial charge < -0.3 is 10.2 Å². The highest BCUT2D eigenvalue weighted by Gasteiger charge is 2.48. The highest BCUT2D eigenvalue weighted by atomic mass is 32.2. The van der Waals surface area contributed by atoms with Crippen molar-refractivity contribution >= 4 is 32.8 Å². The number of carbonyl (C=O) groups excluding carboxylic acids is 1. The Morgan fingerprint density at radius 3 is 2.41 bits per heavy atom. The molecule has 1 N–H and O–H groups in total. The maximum absolute atomic E-state index is 13.0. The number of hydrogen-bond acceptors (Lipinski definition) is 5. The van der Waals surface area contributed by atoms with Crippen LogP contribution in [0.15, 0.2) is 46.0 Å². The maximum atomic E-state index is 13.0. The predicted molar refractivity (Wildman–Crippen MR) is 96.7 cm³/mol. The summed E-state index contributed by atoms with van der Waals surface area (Å²) in [6.45, 7) is 0.692. The van der Waals surface area contributed by atoms with Crippen molar-refractivity contribution in [3.63, 3.8) is 0 Å². The number of benzene rings is 1. The van der Waals surface area contributed by atoms with Crippen LogP contribution in [0.1, 0.15) is 23.2 Å². The largest absolute Gasteiger partial charge is 0.501 e. The zero-order chi connectivity index (χ0) is 19.7. The van der Waals surface area contributed by atoms with E-state index in [4.69, 9.17) is 0 Å². The summed E-state index contributed by atoms with van der Waals surface area (Å²) < 4.78 is 62.6. The SMILES string of the molecule is O=C(NC1CCN(c2ccccc2S(=O)(=O)C(F)(F)F)CC1)c1ccsc1. The number of carbonyl (C=O) groups is 1. The van der Waals surface area contributed by atoms with Gasteiger partial charge in [0.1, 0.15) is 0 Å². The maximum Gasteiger partial charge on any atom is 0.501 e. The zero-order valence-electron chi connectivity index (χ0n) is 14.1. The Hall–Kier alpha value is -2.07. The van der Waals surface area contributed by atoms with E-state index in [9.17, 15) is 26.4 Å². The van der Waals surface area contributed by atoms with Crippen molar-refractivity contribution in [2.45, 2.75) is 29.3 Å². The summed E-state index contributed by atoms with van der Waals surface area (Å²) in [4.78, 5) is 13.0. The molecule has 27 heavy (non-hydrogen) atoms. The zero-order valence-corrected chi connectivity index (χ0v) is 15.7. The molecule has 0 radical (unpaired) electrons. The Labute approximate surface area is 158 Å². The lowest BCUT2D eigenvalue weighted by molar-refractivity contribution is -0.0435. The van der Waals surface area contributed by atoms with E-state index < -0.39 is 20.2 Å². The van der Waals surface area contributed by atoms with E-state index in [1.807, 2.05) is 0 Å². The van der Waals surface area contributed by atoms with Gasteiger partial charge in [-0.2, -0.15) is 24.5 Å². The summed E-state index contributed by atoms with van der Waals surface area (Å²) in [7, 11) is -5.43. The van der Waals surface area contributed by atoms with Crippen LogP contribution in [0.3, 0.4) is 0 Å². The minimum Gasteiger partial charge on any atom is -0.370 e. The molecule has 0 spiro atoms. The fourth-order valence-electron chi connectivity index (χ4n) is 3.00. The summed E-state index contributed by atoms with van der Waals surface area (Å²) in [5, 5.41) is 6.45. The number of alkyl halides is 3. The molecule has 10 heteroatoms. The molecular weight excluding hydrogens is 401 g/mol. The molecule has 1 aliphatic rings. The lowest BCUT2D eigenvalue weighted by Gasteiger charge is -2.35. The van der Waals surface area contributed by atoms with Crippen LogP contribution in [0.2, 0.25) is 0 Å². The second-order valence-electron chi connectivity index (χ2n) is 6.16. The average molecular weight is 418 g/mol. The van der Waals surface area contributed by atoms with Gasteiger partial charge in [-0.05, 0) is 36.4 Å². The molecule has 2 heterocycles. The molecule has 0 aliphatic carbocycles. The van der Waals surface area contributed by atoms with Crippen LogP contribution in [-0.4, -0.2) is 39.0 Å². The van der Waals surface area contributed by atoms with Crippen LogP contribution >= 0.6 is 11.3 Å². The fourth-order valence-corrected chi connectivity index (χ4v) is 4.61. The van der Waals surface area contributed by atoms with Crippen molar-refractivity contribution in [1.29, 1.82) is 0 Å². The van der Waals surface area contributed by atoms with Crippen molar-refractivity contribution in [2.75, 3.05) is 18.0 Å². The molecule has 1 aromatic heterocycles. The standard InChI is InChI=1S/C17H17F3N2O3S2/c18-17(19,20)27(24,25)15-4-2-1-3-14(15)22-8-5-13(6-9-22)21-16(23)12-7-10-26-11-12/h1-4,7,10-11,13H,5-6,8-9H2,(H,21,23). The van der Waals surface area contributed by atoms with Crippen LogP contribution in [0.5, 0.6) is 0 Å². The number of sulfone groups is 1. The van der Waals surface area contributed by atoms with Crippen LogP contribution in [-0.2, 0) is 9.84 Å². The molecule has 1 saturated heterocycles. The number of nitrogens with zero attached hydrogens (tertiary/aromatic N) is 1. The number of para-hydroxylation sites is 1. The fraction of sp³-hybridized carbons (Fsp3) is 0.353. The second-order valence-corrected chi connectivity index (χ2v) is 8.85. The molecule has 146 valence electrons. The van der Waals surface area contributed by atoms with E-state index in [1.165, 1.54) is 29.5 Å². The minimum atomic E-state index is -5.43. The van der Waals surface area contributed by atoms with E-state index in [2.05, 4.69) is 5.32 Å².